The highest BCUT2D eigenvalue weighted by Gasteiger charge is 2.47. The first-order valence-corrected chi connectivity index (χ1v) is 13.3. The molecule has 4 heterocycles. The number of aromatic hydroxyl groups is 1. The Morgan fingerprint density at radius 3 is 2.94 bits per heavy atom. The van der Waals surface area contributed by atoms with E-state index in [1.165, 1.54) is 43.9 Å². The molecule has 7 heteroatoms. The molecule has 2 bridgehead atoms. The SMILES string of the molecule is CC1(C)CC(=O)c2c(O)cc(OCC(=O)N3CCCC4=C[C@H]5C[C@H](CN6CCCC[C@@H]56)[C@H]43)cc2O1. The average molecular weight is 481 g/mol. The largest absolute Gasteiger partial charge is 0.507 e. The lowest BCUT2D eigenvalue weighted by Gasteiger charge is -2.54. The van der Waals surface area contributed by atoms with Gasteiger partial charge in [-0.1, -0.05) is 18.1 Å². The molecule has 3 saturated heterocycles. The molecule has 1 N–H and O–H groups in total. The number of piperidine rings is 3. The zero-order valence-corrected chi connectivity index (χ0v) is 20.8. The lowest BCUT2D eigenvalue weighted by molar-refractivity contribution is -0.138. The van der Waals surface area contributed by atoms with Crippen molar-refractivity contribution >= 4 is 11.7 Å². The van der Waals surface area contributed by atoms with Gasteiger partial charge in [-0.2, -0.15) is 0 Å². The number of ketones is 1. The number of amides is 1. The molecule has 35 heavy (non-hydrogen) atoms. The summed E-state index contributed by atoms with van der Waals surface area (Å²) in [6, 6.07) is 3.90. The van der Waals surface area contributed by atoms with Crippen molar-refractivity contribution in [2.45, 2.75) is 76.5 Å². The van der Waals surface area contributed by atoms with Crippen molar-refractivity contribution in [1.82, 2.24) is 9.80 Å². The first-order chi connectivity index (χ1) is 16.8. The minimum Gasteiger partial charge on any atom is -0.507 e. The van der Waals surface area contributed by atoms with Crippen molar-refractivity contribution in [3.8, 4) is 17.2 Å². The van der Waals surface area contributed by atoms with Gasteiger partial charge < -0.3 is 19.5 Å². The van der Waals surface area contributed by atoms with Crippen molar-refractivity contribution in [2.24, 2.45) is 11.8 Å². The number of rotatable bonds is 3. The molecule has 5 aliphatic rings. The maximum atomic E-state index is 13.4. The van der Waals surface area contributed by atoms with E-state index >= 15 is 0 Å². The van der Waals surface area contributed by atoms with Gasteiger partial charge in [-0.3, -0.25) is 14.5 Å². The normalized spacial score (nSPS) is 31.4. The number of Topliss-reactive ketones (excluding diaryl/α,β-unsaturated/α-hetero) is 1. The van der Waals surface area contributed by atoms with Gasteiger partial charge in [-0.05, 0) is 64.3 Å². The van der Waals surface area contributed by atoms with Crippen LogP contribution in [-0.4, -0.2) is 70.5 Å². The van der Waals surface area contributed by atoms with Gasteiger partial charge in [-0.15, -0.1) is 0 Å². The molecule has 0 aromatic heterocycles. The highest BCUT2D eigenvalue weighted by molar-refractivity contribution is 6.03. The number of phenolic OH excluding ortho intramolecular Hbond substituents is 1. The molecule has 1 aromatic carbocycles. The van der Waals surface area contributed by atoms with Crippen LogP contribution in [0.25, 0.3) is 0 Å². The molecule has 0 radical (unpaired) electrons. The Balaban J connectivity index is 1.18. The number of benzene rings is 1. The minimum absolute atomic E-state index is 0.0191. The second-order valence-electron chi connectivity index (χ2n) is 11.7. The summed E-state index contributed by atoms with van der Waals surface area (Å²) < 4.78 is 11.8. The second kappa shape index (κ2) is 8.54. The summed E-state index contributed by atoms with van der Waals surface area (Å²) in [7, 11) is 0. The lowest BCUT2D eigenvalue weighted by Crippen LogP contribution is -2.60. The molecule has 1 amide bonds. The van der Waals surface area contributed by atoms with Crippen molar-refractivity contribution in [3.63, 3.8) is 0 Å². The Hall–Kier alpha value is -2.54. The molecule has 188 valence electrons. The highest BCUT2D eigenvalue weighted by Crippen LogP contribution is 2.45. The Morgan fingerprint density at radius 2 is 2.09 bits per heavy atom. The van der Waals surface area contributed by atoms with Crippen LogP contribution in [0.1, 0.15) is 69.2 Å². The van der Waals surface area contributed by atoms with Crippen LogP contribution in [0.5, 0.6) is 17.2 Å². The maximum absolute atomic E-state index is 13.4. The first-order valence-electron chi connectivity index (χ1n) is 13.3. The monoisotopic (exact) mass is 480 g/mol. The Morgan fingerprint density at radius 1 is 1.23 bits per heavy atom. The summed E-state index contributed by atoms with van der Waals surface area (Å²) in [6.45, 7) is 6.63. The number of likely N-dealkylation sites (tertiary alicyclic amines) is 1. The minimum atomic E-state index is -0.645. The molecule has 6 rings (SSSR count). The van der Waals surface area contributed by atoms with Gasteiger partial charge in [0.2, 0.25) is 0 Å². The standard InChI is InChI=1S/C28H36N2O5/c1-28(2)14-23(32)26-22(31)12-20(13-24(26)35-28)34-16-25(33)30-9-5-6-17-10-18-11-19(27(17)30)15-29-8-4-3-7-21(18)29/h10,12-13,18-19,21,27,31H,3-9,11,14-16H2,1-2H3/t18-,19+,21-,27-/m0/s1. The third kappa shape index (κ3) is 4.11. The first kappa shape index (κ1) is 22.9. The highest BCUT2D eigenvalue weighted by atomic mass is 16.5. The number of ether oxygens (including phenoxy) is 2. The number of carbonyl (C=O) groups excluding carboxylic acids is 2. The van der Waals surface area contributed by atoms with Crippen LogP contribution < -0.4 is 9.47 Å². The van der Waals surface area contributed by atoms with Crippen LogP contribution in [0.4, 0.5) is 0 Å². The number of nitrogens with zero attached hydrogens (tertiary/aromatic N) is 2. The zero-order chi connectivity index (χ0) is 24.3. The van der Waals surface area contributed by atoms with E-state index in [9.17, 15) is 14.7 Å². The quantitative estimate of drug-likeness (QED) is 0.661. The van der Waals surface area contributed by atoms with E-state index in [2.05, 4.69) is 11.0 Å². The van der Waals surface area contributed by atoms with Crippen LogP contribution in [0.15, 0.2) is 23.8 Å². The van der Waals surface area contributed by atoms with E-state index in [1.807, 2.05) is 18.7 Å². The fourth-order valence-corrected chi connectivity index (χ4v) is 7.31. The molecule has 0 saturated carbocycles. The van der Waals surface area contributed by atoms with Gasteiger partial charge in [0.1, 0.15) is 28.4 Å². The number of hydrogen-bond donors (Lipinski definition) is 1. The van der Waals surface area contributed by atoms with Crippen molar-refractivity contribution in [1.29, 1.82) is 0 Å². The number of hydrogen-bond acceptors (Lipinski definition) is 6. The third-order valence-corrected chi connectivity index (χ3v) is 8.65. The molecule has 3 fully saturated rings. The maximum Gasteiger partial charge on any atom is 0.261 e. The average Bonchev–Trinajstić information content (AvgIpc) is 2.81. The fraction of sp³-hybridized carbons (Fsp3) is 0.643. The zero-order valence-electron chi connectivity index (χ0n) is 20.8. The van der Waals surface area contributed by atoms with E-state index in [0.29, 0.717) is 29.4 Å². The summed E-state index contributed by atoms with van der Waals surface area (Å²) in [6.07, 6.45) is 9.92. The second-order valence-corrected chi connectivity index (χ2v) is 11.7. The fourth-order valence-electron chi connectivity index (χ4n) is 7.31. The van der Waals surface area contributed by atoms with Gasteiger partial charge in [0.05, 0.1) is 12.5 Å². The Kier molecular flexibility index (Phi) is 5.59. The van der Waals surface area contributed by atoms with Crippen molar-refractivity contribution in [3.05, 3.63) is 29.3 Å². The van der Waals surface area contributed by atoms with E-state index in [0.717, 1.165) is 25.9 Å². The summed E-state index contributed by atoms with van der Waals surface area (Å²) in [5.41, 5.74) is 1.00. The molecule has 1 aliphatic carbocycles. The van der Waals surface area contributed by atoms with Crippen LogP contribution in [-0.2, 0) is 4.79 Å². The molecular formula is C28H36N2O5. The molecule has 1 aromatic rings. The van der Waals surface area contributed by atoms with E-state index < -0.39 is 5.60 Å². The number of fused-ring (bicyclic) bond motifs is 7. The van der Waals surface area contributed by atoms with Crippen molar-refractivity contribution in [2.75, 3.05) is 26.2 Å². The van der Waals surface area contributed by atoms with E-state index in [4.69, 9.17) is 9.47 Å². The predicted molar refractivity (Wildman–Crippen MR) is 131 cm³/mol. The van der Waals surface area contributed by atoms with Crippen LogP contribution >= 0.6 is 0 Å². The summed E-state index contributed by atoms with van der Waals surface area (Å²) in [5.74, 6) is 1.45. The Bertz CT molecular complexity index is 1080. The summed E-state index contributed by atoms with van der Waals surface area (Å²) in [4.78, 5) is 30.6. The summed E-state index contributed by atoms with van der Waals surface area (Å²) >= 11 is 0. The van der Waals surface area contributed by atoms with E-state index in [1.54, 1.807) is 6.07 Å². The van der Waals surface area contributed by atoms with Gasteiger partial charge in [0.25, 0.3) is 5.91 Å². The molecule has 7 nitrogen and oxygen atoms in total. The topological polar surface area (TPSA) is 79.3 Å². The van der Waals surface area contributed by atoms with Gasteiger partial charge in [0.15, 0.2) is 12.4 Å². The Labute approximate surface area is 207 Å². The smallest absolute Gasteiger partial charge is 0.261 e. The molecule has 0 unspecified atom stereocenters. The molecule has 4 aliphatic heterocycles. The number of carbonyl (C=O) groups is 2. The van der Waals surface area contributed by atoms with Crippen LogP contribution in [0, 0.1) is 11.8 Å². The number of phenols is 1. The third-order valence-electron chi connectivity index (χ3n) is 8.65. The lowest BCUT2D eigenvalue weighted by atomic mass is 9.68. The van der Waals surface area contributed by atoms with Gasteiger partial charge >= 0.3 is 0 Å². The van der Waals surface area contributed by atoms with Crippen LogP contribution in [0.2, 0.25) is 0 Å². The van der Waals surface area contributed by atoms with Gasteiger partial charge in [0, 0.05) is 31.3 Å². The molecule has 0 spiro atoms. The van der Waals surface area contributed by atoms with Crippen LogP contribution in [0.3, 0.4) is 0 Å². The van der Waals surface area contributed by atoms with E-state index in [-0.39, 0.29) is 42.1 Å². The summed E-state index contributed by atoms with van der Waals surface area (Å²) in [5, 5.41) is 10.5. The molecular weight excluding hydrogens is 444 g/mol. The van der Waals surface area contributed by atoms with Gasteiger partial charge in [-0.25, -0.2) is 0 Å². The predicted octanol–water partition coefficient (Wildman–Crippen LogP) is 3.94. The molecule has 4 atom stereocenters. The van der Waals surface area contributed by atoms with Crippen molar-refractivity contribution < 1.29 is 24.2 Å².